The number of piperidine rings is 1. The number of carbonyl (C=O) groups is 2. The predicted molar refractivity (Wildman–Crippen MR) is 140 cm³/mol. The zero-order valence-corrected chi connectivity index (χ0v) is 21.3. The molecule has 2 saturated heterocycles. The topological polar surface area (TPSA) is 81.7 Å². The molecule has 5 heterocycles. The standard InChI is InChI=1S/C25H28N6O2S2/c1-15-26-22(19-6-11-35-24(19)27-15)30-9-7-29(8-10-30)13-16-2-3-18-17(12-16)14-31(25(18)34)20-4-5-21(32)28-23(20)33/h2-3,6,11-12,20,25,34H,4-5,7-10,13-14H2,1H3,(H,28,32,33). The van der Waals surface area contributed by atoms with Crippen molar-refractivity contribution in [1.29, 1.82) is 0 Å². The number of piperazine rings is 1. The van der Waals surface area contributed by atoms with Crippen molar-refractivity contribution in [2.24, 2.45) is 0 Å². The highest BCUT2D eigenvalue weighted by Gasteiger charge is 2.39. The molecule has 2 fully saturated rings. The zero-order valence-electron chi connectivity index (χ0n) is 19.6. The van der Waals surface area contributed by atoms with Gasteiger partial charge in [-0.2, -0.15) is 12.6 Å². The molecule has 2 unspecified atom stereocenters. The van der Waals surface area contributed by atoms with Crippen LogP contribution in [-0.4, -0.2) is 63.8 Å². The lowest BCUT2D eigenvalue weighted by Gasteiger charge is -2.35. The number of benzene rings is 1. The van der Waals surface area contributed by atoms with Gasteiger partial charge in [0.1, 0.15) is 16.5 Å². The Balaban J connectivity index is 1.11. The van der Waals surface area contributed by atoms with Crippen LogP contribution >= 0.6 is 24.0 Å². The first-order valence-electron chi connectivity index (χ1n) is 12.0. The Bertz CT molecular complexity index is 1300. The Morgan fingerprint density at radius 1 is 1.14 bits per heavy atom. The number of hydrogen-bond donors (Lipinski definition) is 2. The summed E-state index contributed by atoms with van der Waals surface area (Å²) in [6.07, 6.45) is 0.934. The minimum absolute atomic E-state index is 0.128. The second-order valence-electron chi connectivity index (χ2n) is 9.54. The molecular formula is C25H28N6O2S2. The van der Waals surface area contributed by atoms with Crippen molar-refractivity contribution in [1.82, 2.24) is 25.1 Å². The Hall–Kier alpha value is -2.53. The van der Waals surface area contributed by atoms with E-state index in [9.17, 15) is 9.59 Å². The summed E-state index contributed by atoms with van der Waals surface area (Å²) in [4.78, 5) is 41.3. The first kappa shape index (κ1) is 22.9. The van der Waals surface area contributed by atoms with Crippen LogP contribution in [0, 0.1) is 6.92 Å². The second kappa shape index (κ2) is 9.16. The molecule has 3 aliphatic rings. The first-order valence-corrected chi connectivity index (χ1v) is 13.4. The molecule has 182 valence electrons. The molecule has 1 aromatic carbocycles. The number of amides is 2. The van der Waals surface area contributed by atoms with Crippen LogP contribution in [0.2, 0.25) is 0 Å². The van der Waals surface area contributed by atoms with Gasteiger partial charge in [0.2, 0.25) is 11.8 Å². The average Bonchev–Trinajstić information content (AvgIpc) is 3.43. The largest absolute Gasteiger partial charge is 0.353 e. The fourth-order valence-electron chi connectivity index (χ4n) is 5.45. The lowest BCUT2D eigenvalue weighted by Crippen LogP contribution is -2.51. The highest BCUT2D eigenvalue weighted by molar-refractivity contribution is 7.80. The normalized spacial score (nSPS) is 23.7. The van der Waals surface area contributed by atoms with Crippen molar-refractivity contribution >= 4 is 51.8 Å². The smallest absolute Gasteiger partial charge is 0.243 e. The molecule has 1 N–H and O–H groups in total. The highest BCUT2D eigenvalue weighted by Crippen LogP contribution is 2.39. The number of nitrogens with one attached hydrogen (secondary N) is 1. The van der Waals surface area contributed by atoms with E-state index in [0.29, 0.717) is 19.4 Å². The second-order valence-corrected chi connectivity index (χ2v) is 10.9. The Labute approximate surface area is 213 Å². The number of thiol groups is 1. The van der Waals surface area contributed by atoms with E-state index < -0.39 is 0 Å². The molecule has 35 heavy (non-hydrogen) atoms. The number of aromatic nitrogens is 2. The SMILES string of the molecule is Cc1nc(N2CCN(Cc3ccc4c(c3)CN(C3CCC(=O)NC3=O)C4S)CC2)c2ccsc2n1. The molecule has 2 atom stereocenters. The van der Waals surface area contributed by atoms with E-state index in [2.05, 4.69) is 54.6 Å². The fraction of sp³-hybridized carbons (Fsp3) is 0.440. The van der Waals surface area contributed by atoms with Gasteiger partial charge in [-0.3, -0.25) is 24.7 Å². The van der Waals surface area contributed by atoms with Gasteiger partial charge >= 0.3 is 0 Å². The van der Waals surface area contributed by atoms with Crippen molar-refractivity contribution in [2.45, 2.75) is 44.3 Å². The first-order chi connectivity index (χ1) is 17.0. The molecule has 2 aromatic heterocycles. The van der Waals surface area contributed by atoms with E-state index in [1.165, 1.54) is 11.1 Å². The van der Waals surface area contributed by atoms with E-state index >= 15 is 0 Å². The minimum Gasteiger partial charge on any atom is -0.353 e. The van der Waals surface area contributed by atoms with Gasteiger partial charge in [0.05, 0.1) is 16.8 Å². The van der Waals surface area contributed by atoms with Gasteiger partial charge in [0, 0.05) is 45.7 Å². The fourth-order valence-corrected chi connectivity index (χ4v) is 6.75. The highest BCUT2D eigenvalue weighted by atomic mass is 32.1. The van der Waals surface area contributed by atoms with Crippen molar-refractivity contribution < 1.29 is 9.59 Å². The number of aryl methyl sites for hydroxylation is 1. The third kappa shape index (κ3) is 4.33. The van der Waals surface area contributed by atoms with Crippen LogP contribution in [0.5, 0.6) is 0 Å². The minimum atomic E-state index is -0.306. The summed E-state index contributed by atoms with van der Waals surface area (Å²) in [7, 11) is 0. The summed E-state index contributed by atoms with van der Waals surface area (Å²) >= 11 is 6.48. The molecule has 0 bridgehead atoms. The van der Waals surface area contributed by atoms with Gasteiger partial charge in [-0.15, -0.1) is 11.3 Å². The number of imide groups is 1. The number of carbonyl (C=O) groups excluding carboxylic acids is 2. The molecule has 3 aromatic rings. The number of rotatable bonds is 4. The van der Waals surface area contributed by atoms with Crippen LogP contribution in [0.3, 0.4) is 0 Å². The zero-order chi connectivity index (χ0) is 24.1. The van der Waals surface area contributed by atoms with Crippen molar-refractivity contribution in [3.63, 3.8) is 0 Å². The molecule has 8 nitrogen and oxygen atoms in total. The quantitative estimate of drug-likeness (QED) is 0.414. The third-order valence-electron chi connectivity index (χ3n) is 7.26. The summed E-state index contributed by atoms with van der Waals surface area (Å²) in [5, 5.41) is 5.58. The number of anilines is 1. The predicted octanol–water partition coefficient (Wildman–Crippen LogP) is 2.87. The van der Waals surface area contributed by atoms with Crippen LogP contribution in [-0.2, 0) is 22.7 Å². The van der Waals surface area contributed by atoms with Gasteiger partial charge in [0.15, 0.2) is 0 Å². The number of nitrogens with zero attached hydrogens (tertiary/aromatic N) is 5. The molecule has 2 amide bonds. The van der Waals surface area contributed by atoms with Gasteiger partial charge in [0.25, 0.3) is 0 Å². The van der Waals surface area contributed by atoms with Gasteiger partial charge in [-0.1, -0.05) is 18.2 Å². The summed E-state index contributed by atoms with van der Waals surface area (Å²) in [5.74, 6) is 1.49. The van der Waals surface area contributed by atoms with Crippen LogP contribution < -0.4 is 10.2 Å². The maximum atomic E-state index is 12.4. The van der Waals surface area contributed by atoms with Crippen molar-refractivity contribution in [3.8, 4) is 0 Å². The van der Waals surface area contributed by atoms with Gasteiger partial charge in [-0.05, 0) is 41.5 Å². The Morgan fingerprint density at radius 2 is 1.97 bits per heavy atom. The van der Waals surface area contributed by atoms with E-state index in [1.54, 1.807) is 11.3 Å². The molecule has 0 spiro atoms. The van der Waals surface area contributed by atoms with Crippen LogP contribution in [0.4, 0.5) is 5.82 Å². The molecule has 0 aliphatic carbocycles. The van der Waals surface area contributed by atoms with Crippen LogP contribution in [0.25, 0.3) is 10.2 Å². The summed E-state index contributed by atoms with van der Waals surface area (Å²) in [5.41, 5.74) is 3.66. The molecule has 6 rings (SSSR count). The van der Waals surface area contributed by atoms with E-state index in [0.717, 1.165) is 60.1 Å². The Morgan fingerprint density at radius 3 is 2.77 bits per heavy atom. The third-order valence-corrected chi connectivity index (χ3v) is 8.64. The van der Waals surface area contributed by atoms with E-state index in [1.807, 2.05) is 6.92 Å². The lowest BCUT2D eigenvalue weighted by atomic mass is 10.0. The average molecular weight is 509 g/mol. The van der Waals surface area contributed by atoms with Gasteiger partial charge in [-0.25, -0.2) is 9.97 Å². The number of hydrogen-bond acceptors (Lipinski definition) is 9. The van der Waals surface area contributed by atoms with Gasteiger partial charge < -0.3 is 4.90 Å². The molecule has 0 radical (unpaired) electrons. The van der Waals surface area contributed by atoms with E-state index in [4.69, 9.17) is 17.6 Å². The maximum Gasteiger partial charge on any atom is 0.243 e. The molecule has 10 heteroatoms. The van der Waals surface area contributed by atoms with Crippen molar-refractivity contribution in [2.75, 3.05) is 31.1 Å². The van der Waals surface area contributed by atoms with Crippen molar-refractivity contribution in [3.05, 3.63) is 52.2 Å². The maximum absolute atomic E-state index is 12.4. The van der Waals surface area contributed by atoms with E-state index in [-0.39, 0.29) is 23.2 Å². The molecule has 0 saturated carbocycles. The monoisotopic (exact) mass is 508 g/mol. The lowest BCUT2D eigenvalue weighted by molar-refractivity contribution is -0.137. The summed E-state index contributed by atoms with van der Waals surface area (Å²) < 4.78 is 0. The number of fused-ring (bicyclic) bond motifs is 2. The summed E-state index contributed by atoms with van der Waals surface area (Å²) in [6.45, 7) is 7.37. The molecular weight excluding hydrogens is 480 g/mol. The number of thiophene rings is 1. The summed E-state index contributed by atoms with van der Waals surface area (Å²) in [6, 6.07) is 8.42. The van der Waals surface area contributed by atoms with Crippen LogP contribution in [0.15, 0.2) is 29.6 Å². The molecule has 3 aliphatic heterocycles. The van der Waals surface area contributed by atoms with Crippen LogP contribution in [0.1, 0.15) is 40.7 Å². The Kier molecular flexibility index (Phi) is 6.00.